The molecule has 0 amide bonds. The number of methoxy groups -OCH3 is 2. The summed E-state index contributed by atoms with van der Waals surface area (Å²) in [6, 6.07) is 6.43. The number of ether oxygens (including phenoxy) is 6. The summed E-state index contributed by atoms with van der Waals surface area (Å²) in [6.45, 7) is 0.124. The van der Waals surface area contributed by atoms with E-state index in [4.69, 9.17) is 28.1 Å². The molecule has 1 aliphatic heterocycles. The van der Waals surface area contributed by atoms with Gasteiger partial charge in [-0.15, -0.1) is 0 Å². The van der Waals surface area contributed by atoms with Gasteiger partial charge < -0.3 is 63.5 Å². The molecule has 0 radical (unpaired) electrons. The van der Waals surface area contributed by atoms with Crippen LogP contribution in [0.4, 0.5) is 0 Å². The van der Waals surface area contributed by atoms with Gasteiger partial charge in [-0.1, -0.05) is 0 Å². The monoisotopic (exact) mass is 636 g/mol. The van der Waals surface area contributed by atoms with Gasteiger partial charge in [-0.3, -0.25) is 14.4 Å². The van der Waals surface area contributed by atoms with Gasteiger partial charge in [0, 0.05) is 17.7 Å². The second kappa shape index (κ2) is 13.6. The fraction of sp³-hybridized carbons (Fsp3) is 0.414. The van der Waals surface area contributed by atoms with Crippen LogP contribution in [0.5, 0.6) is 28.7 Å². The number of rotatable bonds is 12. The number of phenols is 2. The average Bonchev–Trinajstić information content (AvgIpc) is 3.00. The average molecular weight is 637 g/mol. The van der Waals surface area contributed by atoms with E-state index in [-0.39, 0.29) is 46.0 Å². The molecule has 16 heteroatoms. The van der Waals surface area contributed by atoms with E-state index in [0.717, 1.165) is 6.07 Å². The maximum atomic E-state index is 13.8. The number of aliphatic hydroxyl groups is 4. The van der Waals surface area contributed by atoms with Gasteiger partial charge >= 0.3 is 5.97 Å². The van der Waals surface area contributed by atoms with Crippen LogP contribution in [0.2, 0.25) is 0 Å². The number of aromatic hydroxyl groups is 2. The Morgan fingerprint density at radius 1 is 1.02 bits per heavy atom. The number of fused-ring (bicyclic) bond motifs is 1. The summed E-state index contributed by atoms with van der Waals surface area (Å²) in [7, 11) is 2.63. The van der Waals surface area contributed by atoms with Crippen molar-refractivity contribution < 1.29 is 73.1 Å². The predicted octanol–water partition coefficient (Wildman–Crippen LogP) is -0.0679. The number of benzene rings is 2. The smallest absolute Gasteiger partial charge is 0.308 e. The van der Waals surface area contributed by atoms with Crippen LogP contribution in [0.25, 0.3) is 22.3 Å². The second-order valence-corrected chi connectivity index (χ2v) is 10.4. The first kappa shape index (κ1) is 33.3. The molecular formula is C29H32O16. The SMILES string of the molecule is COc1cc(O)c2c(=O)c(O[C@@H]3O[C@@H](COC(=O)C[C@@](C)(O)COC=O)[C@H](O)[C@H](O)[C@@H]3O)c(-c3ccc(O)c(OC)c3)oc2c1. The van der Waals surface area contributed by atoms with Gasteiger partial charge in [0.25, 0.3) is 6.47 Å². The zero-order valence-electron chi connectivity index (χ0n) is 24.2. The lowest BCUT2D eigenvalue weighted by Gasteiger charge is -2.39. The Balaban J connectivity index is 1.69. The Hall–Kier alpha value is -4.61. The number of hydrogen-bond acceptors (Lipinski definition) is 16. The molecule has 45 heavy (non-hydrogen) atoms. The Kier molecular flexibility index (Phi) is 10.0. The lowest BCUT2D eigenvalue weighted by Crippen LogP contribution is -2.60. The Labute approximate surface area is 254 Å². The van der Waals surface area contributed by atoms with Crippen LogP contribution in [0.15, 0.2) is 39.5 Å². The van der Waals surface area contributed by atoms with E-state index in [1.54, 1.807) is 0 Å². The van der Waals surface area contributed by atoms with E-state index < -0.39 is 78.8 Å². The van der Waals surface area contributed by atoms with Crippen molar-refractivity contribution in [2.75, 3.05) is 27.4 Å². The maximum absolute atomic E-state index is 13.8. The third-order valence-corrected chi connectivity index (χ3v) is 6.88. The minimum atomic E-state index is -1.95. The molecule has 244 valence electrons. The van der Waals surface area contributed by atoms with E-state index in [9.17, 15) is 45.0 Å². The van der Waals surface area contributed by atoms with Crippen molar-refractivity contribution in [3.8, 4) is 40.1 Å². The first-order valence-corrected chi connectivity index (χ1v) is 13.3. The summed E-state index contributed by atoms with van der Waals surface area (Å²) in [5, 5.41) is 62.3. The Morgan fingerprint density at radius 3 is 2.42 bits per heavy atom. The highest BCUT2D eigenvalue weighted by molar-refractivity contribution is 5.88. The van der Waals surface area contributed by atoms with Crippen LogP contribution in [-0.4, -0.2) is 107 Å². The number of esters is 1. The molecule has 6 N–H and O–H groups in total. The largest absolute Gasteiger partial charge is 0.507 e. The molecule has 2 aromatic carbocycles. The molecule has 1 fully saturated rings. The number of carbonyl (C=O) groups excluding carboxylic acids is 2. The molecule has 0 aliphatic carbocycles. The summed E-state index contributed by atoms with van der Waals surface area (Å²) in [6.07, 6.45) is -9.64. The molecule has 0 bridgehead atoms. The molecular weight excluding hydrogens is 604 g/mol. The first-order valence-electron chi connectivity index (χ1n) is 13.3. The van der Waals surface area contributed by atoms with Gasteiger partial charge in [0.1, 0.15) is 65.7 Å². The third-order valence-electron chi connectivity index (χ3n) is 6.88. The van der Waals surface area contributed by atoms with E-state index in [0.29, 0.717) is 0 Å². The van der Waals surface area contributed by atoms with Crippen molar-refractivity contribution >= 4 is 23.4 Å². The lowest BCUT2D eigenvalue weighted by molar-refractivity contribution is -0.279. The highest BCUT2D eigenvalue weighted by atomic mass is 16.7. The second-order valence-electron chi connectivity index (χ2n) is 10.4. The quantitative estimate of drug-likeness (QED) is 0.113. The number of carbonyl (C=O) groups is 2. The molecule has 1 aliphatic rings. The molecule has 2 heterocycles. The van der Waals surface area contributed by atoms with E-state index in [2.05, 4.69) is 4.74 Å². The molecule has 1 aromatic heterocycles. The highest BCUT2D eigenvalue weighted by Gasteiger charge is 2.46. The zero-order valence-corrected chi connectivity index (χ0v) is 24.2. The van der Waals surface area contributed by atoms with Crippen molar-refractivity contribution in [3.63, 3.8) is 0 Å². The molecule has 1 saturated heterocycles. The highest BCUT2D eigenvalue weighted by Crippen LogP contribution is 2.39. The minimum absolute atomic E-state index is 0.000704. The summed E-state index contributed by atoms with van der Waals surface area (Å²) in [5.41, 5.74) is -2.68. The summed E-state index contributed by atoms with van der Waals surface area (Å²) in [5.74, 6) is -2.46. The van der Waals surface area contributed by atoms with Gasteiger partial charge in [0.05, 0.1) is 20.6 Å². The van der Waals surface area contributed by atoms with Gasteiger partial charge in [-0.25, -0.2) is 0 Å². The van der Waals surface area contributed by atoms with E-state index in [1.807, 2.05) is 0 Å². The van der Waals surface area contributed by atoms with Crippen molar-refractivity contribution in [1.82, 2.24) is 0 Å². The lowest BCUT2D eigenvalue weighted by atomic mass is 9.99. The van der Waals surface area contributed by atoms with Crippen LogP contribution in [-0.2, 0) is 23.8 Å². The predicted molar refractivity (Wildman–Crippen MR) is 150 cm³/mol. The molecule has 0 unspecified atom stereocenters. The molecule has 6 atom stereocenters. The number of phenolic OH excluding ortho intramolecular Hbond substituents is 2. The van der Waals surface area contributed by atoms with Crippen molar-refractivity contribution in [2.45, 2.75) is 49.7 Å². The summed E-state index contributed by atoms with van der Waals surface area (Å²) >= 11 is 0. The third kappa shape index (κ3) is 7.21. The van der Waals surface area contributed by atoms with Gasteiger partial charge in [0.2, 0.25) is 17.5 Å². The molecule has 16 nitrogen and oxygen atoms in total. The normalized spacial score (nSPS) is 22.7. The Morgan fingerprint density at radius 2 is 1.76 bits per heavy atom. The van der Waals surface area contributed by atoms with Crippen molar-refractivity contribution in [1.29, 1.82) is 0 Å². The van der Waals surface area contributed by atoms with Crippen LogP contribution in [0, 0.1) is 0 Å². The van der Waals surface area contributed by atoms with Crippen molar-refractivity contribution in [3.05, 3.63) is 40.6 Å². The summed E-state index contributed by atoms with van der Waals surface area (Å²) < 4.78 is 37.1. The van der Waals surface area contributed by atoms with E-state index in [1.165, 1.54) is 45.4 Å². The van der Waals surface area contributed by atoms with Crippen molar-refractivity contribution in [2.24, 2.45) is 0 Å². The van der Waals surface area contributed by atoms with Gasteiger partial charge in [-0.2, -0.15) is 0 Å². The van der Waals surface area contributed by atoms with Gasteiger partial charge in [-0.05, 0) is 25.1 Å². The Bertz CT molecular complexity index is 1600. The van der Waals surface area contributed by atoms with E-state index >= 15 is 0 Å². The molecule has 0 spiro atoms. The molecule has 4 rings (SSSR count). The zero-order chi connectivity index (χ0) is 33.1. The fourth-order valence-electron chi connectivity index (χ4n) is 4.56. The minimum Gasteiger partial charge on any atom is -0.507 e. The van der Waals surface area contributed by atoms with Crippen LogP contribution in [0.3, 0.4) is 0 Å². The van der Waals surface area contributed by atoms with Gasteiger partial charge in [0.15, 0.2) is 17.3 Å². The molecule has 3 aromatic rings. The van der Waals surface area contributed by atoms with Crippen LogP contribution < -0.4 is 19.6 Å². The number of aliphatic hydroxyl groups excluding tert-OH is 3. The number of hydrogen-bond donors (Lipinski definition) is 6. The topological polar surface area (TPSA) is 241 Å². The maximum Gasteiger partial charge on any atom is 0.308 e. The summed E-state index contributed by atoms with van der Waals surface area (Å²) in [4.78, 5) is 36.4. The standard InChI is InChI=1S/C29H32O16/c1-29(38,11-41-12-30)9-20(33)42-10-19-22(34)24(36)25(37)28(44-19)45-27-23(35)21-16(32)7-14(39-2)8-18(21)43-26(27)13-4-5-15(31)17(6-13)40-3/h4-8,12,19,22,24-25,28,31-32,34,36-38H,9-11H2,1-3H3/t19-,22-,24-,25-,28-,29+/m0/s1. The first-order chi connectivity index (χ1) is 21.3. The van der Waals surface area contributed by atoms with Crippen LogP contribution in [0.1, 0.15) is 13.3 Å². The fourth-order valence-corrected chi connectivity index (χ4v) is 4.56. The molecule has 0 saturated carbocycles. The van der Waals surface area contributed by atoms with Crippen LogP contribution >= 0.6 is 0 Å².